The normalized spacial score (nSPS) is 14.2. The van der Waals surface area contributed by atoms with Crippen LogP contribution in [0.1, 0.15) is 30.0 Å². The van der Waals surface area contributed by atoms with Crippen LogP contribution in [-0.2, 0) is 22.7 Å². The molecule has 3 aromatic carbocycles. The lowest BCUT2D eigenvalue weighted by atomic mass is 10.1. The third-order valence-electron chi connectivity index (χ3n) is 6.08. The van der Waals surface area contributed by atoms with Crippen LogP contribution >= 0.6 is 31.9 Å². The highest BCUT2D eigenvalue weighted by Crippen LogP contribution is 2.38. The zero-order valence-corrected chi connectivity index (χ0v) is 25.8. The third-order valence-corrected chi connectivity index (χ3v) is 7.19. The van der Waals surface area contributed by atoms with Crippen LogP contribution in [-0.4, -0.2) is 43.6 Å². The lowest BCUT2D eigenvalue weighted by Gasteiger charge is -2.26. The number of urea groups is 1. The molecule has 214 valence electrons. The van der Waals surface area contributed by atoms with Crippen molar-refractivity contribution < 1.29 is 33.3 Å². The second-order valence-corrected chi connectivity index (χ2v) is 10.8. The number of hydrogen-bond donors (Lipinski definition) is 1. The molecule has 0 spiro atoms. The zero-order chi connectivity index (χ0) is 29.5. The Hall–Kier alpha value is -3.83. The van der Waals surface area contributed by atoms with Gasteiger partial charge in [0.25, 0.3) is 11.8 Å². The van der Waals surface area contributed by atoms with Gasteiger partial charge in [-0.15, -0.1) is 0 Å². The SMILES string of the molecule is CCCOc1ccc(CN2C(=O)NC(=O)/C(=C\c3cc(Br)c(OCc4ccc(Br)cc4)c(OC)c3)C2=O)cc1OC. The minimum atomic E-state index is -0.808. The van der Waals surface area contributed by atoms with Gasteiger partial charge >= 0.3 is 6.03 Å². The van der Waals surface area contributed by atoms with Crippen LogP contribution in [0.15, 0.2) is 69.1 Å². The van der Waals surface area contributed by atoms with Crippen LogP contribution in [0.4, 0.5) is 4.79 Å². The molecule has 4 amide bonds. The van der Waals surface area contributed by atoms with Gasteiger partial charge in [0, 0.05) is 4.47 Å². The first-order chi connectivity index (χ1) is 19.7. The molecule has 4 rings (SSSR count). The largest absolute Gasteiger partial charge is 0.493 e. The van der Waals surface area contributed by atoms with Crippen LogP contribution in [0.5, 0.6) is 23.0 Å². The van der Waals surface area contributed by atoms with Crippen molar-refractivity contribution in [2.45, 2.75) is 26.5 Å². The number of methoxy groups -OCH3 is 2. The highest BCUT2D eigenvalue weighted by Gasteiger charge is 2.36. The average molecular weight is 688 g/mol. The van der Waals surface area contributed by atoms with Crippen molar-refractivity contribution >= 4 is 55.8 Å². The number of hydrogen-bond acceptors (Lipinski definition) is 7. The molecule has 0 aromatic heterocycles. The summed E-state index contributed by atoms with van der Waals surface area (Å²) < 4.78 is 24.1. The molecule has 41 heavy (non-hydrogen) atoms. The number of halogens is 2. The van der Waals surface area contributed by atoms with E-state index in [0.717, 1.165) is 21.4 Å². The molecule has 11 heteroatoms. The topological polar surface area (TPSA) is 103 Å². The smallest absolute Gasteiger partial charge is 0.331 e. The molecule has 0 radical (unpaired) electrons. The Morgan fingerprint density at radius 2 is 1.56 bits per heavy atom. The Bertz CT molecular complexity index is 1490. The van der Waals surface area contributed by atoms with E-state index < -0.39 is 17.8 Å². The fourth-order valence-electron chi connectivity index (χ4n) is 4.03. The number of rotatable bonds is 11. The number of nitrogens with zero attached hydrogens (tertiary/aromatic N) is 1. The van der Waals surface area contributed by atoms with E-state index in [0.29, 0.717) is 51.8 Å². The molecule has 1 aliphatic heterocycles. The van der Waals surface area contributed by atoms with Crippen LogP contribution in [0, 0.1) is 0 Å². The minimum absolute atomic E-state index is 0.0739. The molecule has 0 unspecified atom stereocenters. The molecule has 0 bridgehead atoms. The Kier molecular flexibility index (Phi) is 10.1. The summed E-state index contributed by atoms with van der Waals surface area (Å²) >= 11 is 6.92. The van der Waals surface area contributed by atoms with E-state index in [-0.39, 0.29) is 12.1 Å². The fraction of sp³-hybridized carbons (Fsp3) is 0.233. The van der Waals surface area contributed by atoms with Gasteiger partial charge in [-0.25, -0.2) is 4.79 Å². The molecule has 1 aliphatic rings. The first-order valence-corrected chi connectivity index (χ1v) is 14.3. The number of ether oxygens (including phenoxy) is 4. The van der Waals surface area contributed by atoms with Gasteiger partial charge in [0.2, 0.25) is 0 Å². The molecule has 0 atom stereocenters. The van der Waals surface area contributed by atoms with E-state index in [1.54, 1.807) is 30.3 Å². The maximum absolute atomic E-state index is 13.4. The summed E-state index contributed by atoms with van der Waals surface area (Å²) in [5.74, 6) is 0.392. The molecule has 0 aliphatic carbocycles. The van der Waals surface area contributed by atoms with Crippen LogP contribution in [0.3, 0.4) is 0 Å². The van der Waals surface area contributed by atoms with Crippen LogP contribution < -0.4 is 24.3 Å². The van der Waals surface area contributed by atoms with Crippen molar-refractivity contribution in [3.05, 3.63) is 85.8 Å². The summed E-state index contributed by atoms with van der Waals surface area (Å²) in [5, 5.41) is 2.25. The third kappa shape index (κ3) is 7.28. The molecular formula is C30H28Br2N2O7. The highest BCUT2D eigenvalue weighted by molar-refractivity contribution is 9.10. The quantitative estimate of drug-likeness (QED) is 0.188. The van der Waals surface area contributed by atoms with Gasteiger partial charge in [-0.2, -0.15) is 0 Å². The summed E-state index contributed by atoms with van der Waals surface area (Å²) in [5.41, 5.74) is 1.89. The Labute approximate surface area is 254 Å². The van der Waals surface area contributed by atoms with Crippen molar-refractivity contribution in [2.24, 2.45) is 0 Å². The Morgan fingerprint density at radius 1 is 0.854 bits per heavy atom. The van der Waals surface area contributed by atoms with Crippen molar-refractivity contribution in [1.82, 2.24) is 10.2 Å². The van der Waals surface area contributed by atoms with Crippen molar-refractivity contribution in [1.29, 1.82) is 0 Å². The predicted octanol–water partition coefficient (Wildman–Crippen LogP) is 6.26. The van der Waals surface area contributed by atoms with Gasteiger partial charge in [-0.1, -0.05) is 41.1 Å². The van der Waals surface area contributed by atoms with Crippen molar-refractivity contribution in [3.63, 3.8) is 0 Å². The number of benzene rings is 3. The highest BCUT2D eigenvalue weighted by atomic mass is 79.9. The molecule has 1 saturated heterocycles. The van der Waals surface area contributed by atoms with Crippen LogP contribution in [0.25, 0.3) is 6.08 Å². The molecule has 0 saturated carbocycles. The number of imide groups is 2. The van der Waals surface area contributed by atoms with Crippen LogP contribution in [0.2, 0.25) is 0 Å². The summed E-state index contributed by atoms with van der Waals surface area (Å²) in [6.07, 6.45) is 2.24. The van der Waals surface area contributed by atoms with E-state index in [9.17, 15) is 14.4 Å². The number of barbiturate groups is 1. The summed E-state index contributed by atoms with van der Waals surface area (Å²) in [4.78, 5) is 39.7. The summed E-state index contributed by atoms with van der Waals surface area (Å²) in [6.45, 7) is 2.75. The maximum Gasteiger partial charge on any atom is 0.331 e. The number of nitrogens with one attached hydrogen (secondary N) is 1. The summed E-state index contributed by atoms with van der Waals surface area (Å²) in [7, 11) is 3.01. The van der Waals surface area contributed by atoms with Crippen molar-refractivity contribution in [2.75, 3.05) is 20.8 Å². The second kappa shape index (κ2) is 13.7. The minimum Gasteiger partial charge on any atom is -0.493 e. The molecule has 1 N–H and O–H groups in total. The monoisotopic (exact) mass is 686 g/mol. The molecule has 1 heterocycles. The standard InChI is InChI=1S/C30H28Br2N2O7/c1-4-11-40-24-10-7-19(14-25(24)38-2)16-34-29(36)22(28(35)33-30(34)37)12-20-13-23(32)27(26(15-20)39-3)41-17-18-5-8-21(31)9-6-18/h5-10,12-15H,4,11,16-17H2,1-3H3,(H,33,35,37)/b22-12+. The van der Waals surface area contributed by atoms with Gasteiger partial charge in [-0.3, -0.25) is 19.8 Å². The molecule has 9 nitrogen and oxygen atoms in total. The zero-order valence-electron chi connectivity index (χ0n) is 22.7. The lowest BCUT2D eigenvalue weighted by molar-refractivity contribution is -0.130. The van der Waals surface area contributed by atoms with E-state index in [1.807, 2.05) is 31.2 Å². The molecular weight excluding hydrogens is 660 g/mol. The Balaban J connectivity index is 1.56. The van der Waals surface area contributed by atoms with E-state index in [4.69, 9.17) is 18.9 Å². The molecule has 3 aromatic rings. The van der Waals surface area contributed by atoms with E-state index >= 15 is 0 Å². The van der Waals surface area contributed by atoms with E-state index in [2.05, 4.69) is 37.2 Å². The second-order valence-electron chi connectivity index (χ2n) is 8.99. The maximum atomic E-state index is 13.4. The van der Waals surface area contributed by atoms with Gasteiger partial charge < -0.3 is 18.9 Å². The molecule has 1 fully saturated rings. The number of carbonyl (C=O) groups is 3. The van der Waals surface area contributed by atoms with Gasteiger partial charge in [-0.05, 0) is 81.5 Å². The summed E-state index contributed by atoms with van der Waals surface area (Å²) in [6, 6.07) is 15.4. The van der Waals surface area contributed by atoms with E-state index in [1.165, 1.54) is 20.3 Å². The first kappa shape index (κ1) is 30.1. The lowest BCUT2D eigenvalue weighted by Crippen LogP contribution is -2.53. The van der Waals surface area contributed by atoms with Gasteiger partial charge in [0.15, 0.2) is 23.0 Å². The number of amides is 4. The van der Waals surface area contributed by atoms with Gasteiger partial charge in [0.05, 0.1) is 31.8 Å². The Morgan fingerprint density at radius 3 is 2.24 bits per heavy atom. The first-order valence-electron chi connectivity index (χ1n) is 12.7. The predicted molar refractivity (Wildman–Crippen MR) is 160 cm³/mol. The van der Waals surface area contributed by atoms with Gasteiger partial charge in [0.1, 0.15) is 12.2 Å². The fourth-order valence-corrected chi connectivity index (χ4v) is 4.87. The average Bonchev–Trinajstić information content (AvgIpc) is 2.96. The number of carbonyl (C=O) groups excluding carboxylic acids is 3. The van der Waals surface area contributed by atoms with Crippen molar-refractivity contribution in [3.8, 4) is 23.0 Å².